The molecule has 0 bridgehead atoms. The zero-order valence-corrected chi connectivity index (χ0v) is 26.5. The first-order valence-electron chi connectivity index (χ1n) is 15.3. The number of rotatable bonds is 13. The van der Waals surface area contributed by atoms with E-state index in [-0.39, 0.29) is 29.1 Å². The Morgan fingerprint density at radius 3 is 2.23 bits per heavy atom. The van der Waals surface area contributed by atoms with Crippen molar-refractivity contribution in [1.82, 2.24) is 10.2 Å². The number of nitrogens with one attached hydrogen (secondary N) is 1. The first-order valence-corrected chi connectivity index (χ1v) is 16.7. The first kappa shape index (κ1) is 33.0. The Morgan fingerprint density at radius 2 is 1.61 bits per heavy atom. The number of hydrogen-bond donors (Lipinski definition) is 1. The average Bonchev–Trinajstić information content (AvgIpc) is 3.02. The summed E-state index contributed by atoms with van der Waals surface area (Å²) in [6.45, 7) is 5.64. The molecule has 236 valence electrons. The molecule has 3 aromatic carbocycles. The van der Waals surface area contributed by atoms with Crippen molar-refractivity contribution in [2.24, 2.45) is 0 Å². The Kier molecular flexibility index (Phi) is 11.4. The molecule has 0 aliphatic heterocycles. The largest absolute Gasteiger partial charge is 0.494 e. The van der Waals surface area contributed by atoms with E-state index in [1.165, 1.54) is 17.0 Å². The van der Waals surface area contributed by atoms with Crippen LogP contribution in [0.25, 0.3) is 0 Å². The highest BCUT2D eigenvalue weighted by Crippen LogP contribution is 2.27. The van der Waals surface area contributed by atoms with E-state index in [0.29, 0.717) is 18.8 Å². The van der Waals surface area contributed by atoms with Crippen LogP contribution in [0.5, 0.6) is 5.75 Å². The van der Waals surface area contributed by atoms with Gasteiger partial charge in [0.15, 0.2) is 0 Å². The topological polar surface area (TPSA) is 96.0 Å². The molecule has 0 spiro atoms. The first-order chi connectivity index (χ1) is 21.1. The molecule has 1 aliphatic rings. The Labute approximate surface area is 260 Å². The van der Waals surface area contributed by atoms with Gasteiger partial charge in [0, 0.05) is 12.6 Å². The van der Waals surface area contributed by atoms with Crippen LogP contribution in [0.1, 0.15) is 63.5 Å². The van der Waals surface area contributed by atoms with Crippen molar-refractivity contribution < 1.29 is 27.1 Å². The van der Waals surface area contributed by atoms with Crippen LogP contribution >= 0.6 is 0 Å². The Bertz CT molecular complexity index is 1510. The molecule has 0 aromatic heterocycles. The quantitative estimate of drug-likeness (QED) is 0.253. The Balaban J connectivity index is 1.71. The van der Waals surface area contributed by atoms with Gasteiger partial charge in [-0.2, -0.15) is 0 Å². The molecule has 0 radical (unpaired) electrons. The van der Waals surface area contributed by atoms with Crippen molar-refractivity contribution in [2.45, 2.75) is 82.8 Å². The van der Waals surface area contributed by atoms with Gasteiger partial charge >= 0.3 is 0 Å². The van der Waals surface area contributed by atoms with Crippen LogP contribution in [-0.2, 0) is 26.2 Å². The summed E-state index contributed by atoms with van der Waals surface area (Å²) < 4.78 is 48.2. The second-order valence-electron chi connectivity index (χ2n) is 11.1. The molecule has 8 nitrogen and oxygen atoms in total. The monoisotopic (exact) mass is 623 g/mol. The molecule has 0 saturated heterocycles. The van der Waals surface area contributed by atoms with Crippen molar-refractivity contribution in [3.05, 3.63) is 89.7 Å². The molecule has 2 amide bonds. The number of ether oxygens (including phenoxy) is 1. The van der Waals surface area contributed by atoms with Crippen LogP contribution in [-0.4, -0.2) is 50.4 Å². The molecule has 1 atom stereocenters. The number of amides is 2. The predicted octanol–water partition coefficient (Wildman–Crippen LogP) is 5.98. The summed E-state index contributed by atoms with van der Waals surface area (Å²) in [5.41, 5.74) is 2.05. The Morgan fingerprint density at radius 1 is 0.955 bits per heavy atom. The summed E-state index contributed by atoms with van der Waals surface area (Å²) >= 11 is 0. The molecule has 1 fully saturated rings. The molecule has 1 N–H and O–H groups in total. The van der Waals surface area contributed by atoms with Gasteiger partial charge in [-0.1, -0.05) is 50.5 Å². The maximum absolute atomic E-state index is 14.3. The van der Waals surface area contributed by atoms with E-state index in [2.05, 4.69) is 5.32 Å². The molecule has 1 saturated carbocycles. The molecular formula is C34H42FN3O5S. The highest BCUT2D eigenvalue weighted by molar-refractivity contribution is 7.92. The van der Waals surface area contributed by atoms with E-state index in [4.69, 9.17) is 4.74 Å². The van der Waals surface area contributed by atoms with Crippen LogP contribution < -0.4 is 14.4 Å². The van der Waals surface area contributed by atoms with Crippen LogP contribution in [0, 0.1) is 12.7 Å². The number of aryl methyl sites for hydroxylation is 1. The van der Waals surface area contributed by atoms with Crippen molar-refractivity contribution in [2.75, 3.05) is 17.5 Å². The lowest BCUT2D eigenvalue weighted by atomic mass is 9.95. The minimum Gasteiger partial charge on any atom is -0.494 e. The van der Waals surface area contributed by atoms with Crippen molar-refractivity contribution >= 4 is 27.5 Å². The lowest BCUT2D eigenvalue weighted by Crippen LogP contribution is -2.54. The van der Waals surface area contributed by atoms with Crippen LogP contribution in [0.2, 0.25) is 0 Å². The van der Waals surface area contributed by atoms with E-state index < -0.39 is 34.3 Å². The molecule has 0 heterocycles. The number of benzene rings is 3. The summed E-state index contributed by atoms with van der Waals surface area (Å²) in [6, 6.07) is 17.8. The minimum absolute atomic E-state index is 0.0555. The second-order valence-corrected chi connectivity index (χ2v) is 13.0. The number of sulfonamides is 1. The van der Waals surface area contributed by atoms with E-state index in [9.17, 15) is 22.4 Å². The molecule has 44 heavy (non-hydrogen) atoms. The van der Waals surface area contributed by atoms with E-state index >= 15 is 0 Å². The van der Waals surface area contributed by atoms with Crippen molar-refractivity contribution in [3.8, 4) is 5.75 Å². The fraction of sp³-hybridized carbons (Fsp3) is 0.412. The smallest absolute Gasteiger partial charge is 0.264 e. The molecule has 0 unspecified atom stereocenters. The summed E-state index contributed by atoms with van der Waals surface area (Å²) in [5.74, 6) is -0.797. The third-order valence-corrected chi connectivity index (χ3v) is 9.84. The number of carbonyl (C=O) groups excluding carboxylic acids is 2. The number of halogens is 1. The fourth-order valence-electron chi connectivity index (χ4n) is 5.57. The van der Waals surface area contributed by atoms with Gasteiger partial charge < -0.3 is 15.0 Å². The van der Waals surface area contributed by atoms with Crippen LogP contribution in [0.15, 0.2) is 77.7 Å². The second kappa shape index (κ2) is 15.2. The summed E-state index contributed by atoms with van der Waals surface area (Å²) in [6.07, 6.45) is 5.39. The van der Waals surface area contributed by atoms with Gasteiger partial charge in [-0.05, 0) is 92.8 Å². The van der Waals surface area contributed by atoms with Gasteiger partial charge in [0.05, 0.1) is 17.2 Å². The van der Waals surface area contributed by atoms with E-state index in [1.807, 2.05) is 45.0 Å². The van der Waals surface area contributed by atoms with E-state index in [1.54, 1.807) is 24.3 Å². The van der Waals surface area contributed by atoms with Gasteiger partial charge in [-0.25, -0.2) is 12.8 Å². The lowest BCUT2D eigenvalue weighted by Gasteiger charge is -2.34. The van der Waals surface area contributed by atoms with Crippen LogP contribution in [0.3, 0.4) is 0 Å². The maximum Gasteiger partial charge on any atom is 0.264 e. The summed E-state index contributed by atoms with van der Waals surface area (Å²) in [4.78, 5) is 29.3. The normalized spacial score (nSPS) is 14.5. The lowest BCUT2D eigenvalue weighted by molar-refractivity contribution is -0.140. The van der Waals surface area contributed by atoms with Gasteiger partial charge in [-0.15, -0.1) is 0 Å². The van der Waals surface area contributed by atoms with Crippen molar-refractivity contribution in [1.29, 1.82) is 0 Å². The van der Waals surface area contributed by atoms with Gasteiger partial charge in [0.25, 0.3) is 10.0 Å². The SMILES string of the molecule is CCOc1ccc(N(CC(=O)N(Cc2ccccc2C)[C@@H](CC)C(=O)NC2CCCCC2)S(=O)(=O)c2ccc(F)cc2)cc1. The van der Waals surface area contributed by atoms with Gasteiger partial charge in [0.1, 0.15) is 24.2 Å². The highest BCUT2D eigenvalue weighted by Gasteiger charge is 2.34. The third kappa shape index (κ3) is 8.16. The zero-order chi connectivity index (χ0) is 31.7. The fourth-order valence-corrected chi connectivity index (χ4v) is 6.99. The molecule has 10 heteroatoms. The third-order valence-electron chi connectivity index (χ3n) is 8.06. The molecule has 1 aliphatic carbocycles. The minimum atomic E-state index is -4.30. The summed E-state index contributed by atoms with van der Waals surface area (Å²) in [7, 11) is -4.30. The molecule has 3 aromatic rings. The van der Waals surface area contributed by atoms with E-state index in [0.717, 1.165) is 59.7 Å². The average molecular weight is 624 g/mol. The van der Waals surface area contributed by atoms with Gasteiger partial charge in [0.2, 0.25) is 11.8 Å². The zero-order valence-electron chi connectivity index (χ0n) is 25.7. The standard InChI is InChI=1S/C34H42FN3O5S/c1-4-32(34(40)36-28-13-7-6-8-14-28)37(23-26-12-10-9-11-25(26)3)33(39)24-38(29-17-19-30(20-18-29)43-5-2)44(41,42)31-21-15-27(35)16-22-31/h9-12,15-22,28,32H,4-8,13-14,23-24H2,1-3H3,(H,36,40)/t32-/m0/s1. The van der Waals surface area contributed by atoms with Crippen molar-refractivity contribution in [3.63, 3.8) is 0 Å². The number of anilines is 1. The van der Waals surface area contributed by atoms with Crippen LogP contribution in [0.4, 0.5) is 10.1 Å². The highest BCUT2D eigenvalue weighted by atomic mass is 32.2. The molecular weight excluding hydrogens is 581 g/mol. The predicted molar refractivity (Wildman–Crippen MR) is 169 cm³/mol. The number of hydrogen-bond acceptors (Lipinski definition) is 5. The molecule has 4 rings (SSSR count). The maximum atomic E-state index is 14.3. The number of nitrogens with zero attached hydrogens (tertiary/aromatic N) is 2. The summed E-state index contributed by atoms with van der Waals surface area (Å²) in [5, 5.41) is 3.16. The van der Waals surface area contributed by atoms with Gasteiger partial charge in [-0.3, -0.25) is 13.9 Å². The Hall–Kier alpha value is -3.92. The number of carbonyl (C=O) groups is 2.